The highest BCUT2D eigenvalue weighted by molar-refractivity contribution is 6.85. The van der Waals surface area contributed by atoms with Crippen molar-refractivity contribution in [2.75, 3.05) is 66.1 Å². The van der Waals surface area contributed by atoms with Gasteiger partial charge in [0.2, 0.25) is 0 Å². The minimum Gasteiger partial charge on any atom is -0.395 e. The fraction of sp³-hybridized carbons (Fsp3) is 1.00. The SMILES string of the molecule is CCO[Si](C)(C[Si](C)(OCC)OCC)OCC.CCO[Si](C[Si](OCC)(OCC)OCC)(OCC)OCC. The molecule has 0 aliphatic heterocycles. The normalized spacial score (nSPS) is 12.9. The Labute approximate surface area is 238 Å². The van der Waals surface area contributed by atoms with Gasteiger partial charge in [-0.15, -0.1) is 0 Å². The molecule has 232 valence electrons. The van der Waals surface area contributed by atoms with E-state index in [1.807, 2.05) is 69.2 Å². The maximum Gasteiger partial charge on any atom is 0.505 e. The first-order chi connectivity index (χ1) is 18.0. The van der Waals surface area contributed by atoms with Crippen molar-refractivity contribution in [2.24, 2.45) is 0 Å². The zero-order valence-corrected chi connectivity index (χ0v) is 30.6. The Hall–Kier alpha value is 0.468. The Morgan fingerprint density at radius 2 is 0.474 bits per heavy atom. The van der Waals surface area contributed by atoms with E-state index in [9.17, 15) is 0 Å². The van der Waals surface area contributed by atoms with Crippen LogP contribution in [-0.4, -0.2) is 101 Å². The molecule has 0 N–H and O–H groups in total. The molecule has 0 rings (SSSR count). The van der Waals surface area contributed by atoms with E-state index in [1.165, 1.54) is 0 Å². The van der Waals surface area contributed by atoms with Gasteiger partial charge in [-0.25, -0.2) is 0 Å². The Balaban J connectivity index is 0. The van der Waals surface area contributed by atoms with Crippen LogP contribution < -0.4 is 0 Å². The molecule has 0 unspecified atom stereocenters. The monoisotopic (exact) mass is 620 g/mol. The van der Waals surface area contributed by atoms with Gasteiger partial charge >= 0.3 is 34.7 Å². The lowest BCUT2D eigenvalue weighted by molar-refractivity contribution is 0.0473. The lowest BCUT2D eigenvalue weighted by Crippen LogP contribution is -2.58. The summed E-state index contributed by atoms with van der Waals surface area (Å²) in [5, 5.41) is 0. The second-order valence-electron chi connectivity index (χ2n) is 8.32. The first-order valence-corrected chi connectivity index (χ1v) is 23.3. The molecular weight excluding hydrogens is 561 g/mol. The van der Waals surface area contributed by atoms with Crippen LogP contribution in [0.5, 0.6) is 0 Å². The summed E-state index contributed by atoms with van der Waals surface area (Å²) in [7, 11) is -10.0. The molecule has 0 heterocycles. The molecule has 10 nitrogen and oxygen atoms in total. The minimum atomic E-state index is -2.86. The Kier molecular flexibility index (Phi) is 24.7. The van der Waals surface area contributed by atoms with Crippen molar-refractivity contribution in [3.05, 3.63) is 0 Å². The molecule has 0 radical (unpaired) electrons. The van der Waals surface area contributed by atoms with Crippen LogP contribution in [0.3, 0.4) is 0 Å². The molecule has 0 atom stereocenters. The van der Waals surface area contributed by atoms with E-state index < -0.39 is 34.7 Å². The molecular formula is C24H60O10Si4. The molecule has 0 amide bonds. The van der Waals surface area contributed by atoms with E-state index in [0.717, 1.165) is 5.67 Å². The molecule has 38 heavy (non-hydrogen) atoms. The molecule has 14 heteroatoms. The second-order valence-corrected chi connectivity index (χ2v) is 21.3. The van der Waals surface area contributed by atoms with E-state index in [2.05, 4.69) is 13.1 Å². The van der Waals surface area contributed by atoms with Gasteiger partial charge in [0.15, 0.2) is 0 Å². The van der Waals surface area contributed by atoms with E-state index in [1.54, 1.807) is 0 Å². The van der Waals surface area contributed by atoms with E-state index in [-0.39, 0.29) is 0 Å². The van der Waals surface area contributed by atoms with Crippen LogP contribution in [0.1, 0.15) is 69.2 Å². The quantitative estimate of drug-likeness (QED) is 0.130. The van der Waals surface area contributed by atoms with E-state index >= 15 is 0 Å². The van der Waals surface area contributed by atoms with Crippen molar-refractivity contribution in [1.82, 2.24) is 0 Å². The van der Waals surface area contributed by atoms with Crippen LogP contribution in [0.2, 0.25) is 24.4 Å². The molecule has 0 aliphatic carbocycles. The molecule has 0 aliphatic rings. The van der Waals surface area contributed by atoms with Crippen molar-refractivity contribution in [3.8, 4) is 0 Å². The summed E-state index contributed by atoms with van der Waals surface area (Å²) in [5.74, 6) is 0. The zero-order chi connectivity index (χ0) is 29.6. The average Bonchev–Trinajstić information content (AvgIpc) is 2.81. The van der Waals surface area contributed by atoms with Gasteiger partial charge in [-0.3, -0.25) is 0 Å². The third-order valence-corrected chi connectivity index (χ3v) is 21.6. The van der Waals surface area contributed by atoms with Crippen molar-refractivity contribution >= 4 is 34.7 Å². The third kappa shape index (κ3) is 16.7. The molecule has 0 bridgehead atoms. The highest BCUT2D eigenvalue weighted by Crippen LogP contribution is 2.27. The van der Waals surface area contributed by atoms with Crippen molar-refractivity contribution in [3.63, 3.8) is 0 Å². The lowest BCUT2D eigenvalue weighted by atomic mass is 10.9. The van der Waals surface area contributed by atoms with Gasteiger partial charge < -0.3 is 44.3 Å². The Morgan fingerprint density at radius 3 is 0.632 bits per heavy atom. The third-order valence-electron chi connectivity index (χ3n) is 5.06. The van der Waals surface area contributed by atoms with Gasteiger partial charge in [-0.1, -0.05) is 0 Å². The van der Waals surface area contributed by atoms with Gasteiger partial charge in [0.05, 0.1) is 5.67 Å². The first kappa shape index (κ1) is 40.6. The van der Waals surface area contributed by atoms with Crippen molar-refractivity contribution in [1.29, 1.82) is 0 Å². The minimum absolute atomic E-state index is 0.449. The van der Waals surface area contributed by atoms with Crippen LogP contribution >= 0.6 is 0 Å². The van der Waals surface area contributed by atoms with Crippen LogP contribution in [0, 0.1) is 0 Å². The number of rotatable bonds is 24. The molecule has 0 fully saturated rings. The second kappa shape index (κ2) is 23.1. The summed E-state index contributed by atoms with van der Waals surface area (Å²) in [5.41, 5.74) is 1.27. The molecule has 0 aromatic heterocycles. The topological polar surface area (TPSA) is 92.3 Å². The molecule has 0 saturated carbocycles. The van der Waals surface area contributed by atoms with Gasteiger partial charge in [-0.05, 0) is 82.3 Å². The summed E-state index contributed by atoms with van der Waals surface area (Å²) in [6.07, 6.45) is 0. The number of hydrogen-bond donors (Lipinski definition) is 0. The average molecular weight is 621 g/mol. The van der Waals surface area contributed by atoms with E-state index in [0.29, 0.717) is 71.7 Å². The van der Waals surface area contributed by atoms with Gasteiger partial charge in [0.1, 0.15) is 0 Å². The molecule has 0 saturated heterocycles. The summed E-state index contributed by atoms with van der Waals surface area (Å²) in [6.45, 7) is 29.7. The molecule has 0 aromatic carbocycles. The van der Waals surface area contributed by atoms with Crippen LogP contribution in [0.15, 0.2) is 0 Å². The summed E-state index contributed by atoms with van der Waals surface area (Å²) in [6, 6.07) is 0. The predicted molar refractivity (Wildman–Crippen MR) is 161 cm³/mol. The highest BCUT2D eigenvalue weighted by atomic mass is 28.5. The highest BCUT2D eigenvalue weighted by Gasteiger charge is 2.55. The zero-order valence-electron chi connectivity index (χ0n) is 26.6. The standard InChI is InChI=1S/C13H32O6Si2.C11H28O4Si2/c1-7-14-20(15-8-2,16-9-3)13-21(17-10-4,18-11-5)19-12-6;1-7-12-16(5,13-8-2)11-17(6,14-9-3)15-10-4/h7-13H2,1-6H3;7-11H2,1-6H3. The predicted octanol–water partition coefficient (Wildman–Crippen LogP) is 5.44. The maximum absolute atomic E-state index is 5.89. The smallest absolute Gasteiger partial charge is 0.395 e. The van der Waals surface area contributed by atoms with Crippen molar-refractivity contribution in [2.45, 2.75) is 93.7 Å². The fourth-order valence-corrected chi connectivity index (χ4v) is 20.9. The van der Waals surface area contributed by atoms with Crippen LogP contribution in [0.25, 0.3) is 0 Å². The maximum atomic E-state index is 5.89. The lowest BCUT2D eigenvalue weighted by Gasteiger charge is -2.35. The largest absolute Gasteiger partial charge is 0.505 e. The summed E-state index contributed by atoms with van der Waals surface area (Å²) < 4.78 is 58.8. The van der Waals surface area contributed by atoms with Gasteiger partial charge in [0.25, 0.3) is 0 Å². The fourth-order valence-electron chi connectivity index (χ4n) is 4.23. The van der Waals surface area contributed by atoms with Crippen LogP contribution in [-0.2, 0) is 44.3 Å². The van der Waals surface area contributed by atoms with Crippen molar-refractivity contribution < 1.29 is 44.3 Å². The summed E-state index contributed by atoms with van der Waals surface area (Å²) in [4.78, 5) is 0. The Bertz CT molecular complexity index is 458. The first-order valence-electron chi connectivity index (χ1n) is 14.4. The summed E-state index contributed by atoms with van der Waals surface area (Å²) >= 11 is 0. The van der Waals surface area contributed by atoms with Gasteiger partial charge in [0, 0.05) is 71.7 Å². The molecule has 0 spiro atoms. The van der Waals surface area contributed by atoms with E-state index in [4.69, 9.17) is 44.3 Å². The van der Waals surface area contributed by atoms with Crippen LogP contribution in [0.4, 0.5) is 0 Å². The van der Waals surface area contributed by atoms with Gasteiger partial charge in [-0.2, -0.15) is 0 Å². The number of hydrogen-bond acceptors (Lipinski definition) is 10. The Morgan fingerprint density at radius 1 is 0.289 bits per heavy atom. The molecule has 0 aromatic rings.